The average Bonchev–Trinajstić information content (AvgIpc) is 2.74. The second kappa shape index (κ2) is 11.0. The summed E-state index contributed by atoms with van der Waals surface area (Å²) >= 11 is 0. The van der Waals surface area contributed by atoms with Gasteiger partial charge >= 0.3 is 0 Å². The van der Waals surface area contributed by atoms with Crippen molar-refractivity contribution in [1.82, 2.24) is 10.2 Å². The molecule has 32 heavy (non-hydrogen) atoms. The number of benzene rings is 2. The number of carbonyl (C=O) groups excluding carboxylic acids is 2. The number of hydrogen-bond acceptors (Lipinski definition) is 4. The molecule has 0 radical (unpaired) electrons. The van der Waals surface area contributed by atoms with Crippen LogP contribution in [0.3, 0.4) is 0 Å². The smallest absolute Gasteiger partial charge is 0.244 e. The van der Waals surface area contributed by atoms with Crippen LogP contribution in [0.1, 0.15) is 25.8 Å². The van der Waals surface area contributed by atoms with Crippen LogP contribution in [0.4, 0.5) is 14.5 Å². The van der Waals surface area contributed by atoms with Gasteiger partial charge in [-0.1, -0.05) is 19.1 Å². The molecule has 2 aromatic carbocycles. The zero-order valence-electron chi connectivity index (χ0n) is 18.2. The van der Waals surface area contributed by atoms with Crippen LogP contribution in [-0.4, -0.2) is 50.5 Å². The molecule has 0 spiro atoms. The minimum absolute atomic E-state index is 0.0269. The molecule has 0 aromatic heterocycles. The summed E-state index contributed by atoms with van der Waals surface area (Å²) in [6.45, 7) is 3.23. The van der Waals surface area contributed by atoms with Gasteiger partial charge in [0.1, 0.15) is 24.2 Å². The van der Waals surface area contributed by atoms with Crippen LogP contribution in [0.5, 0.6) is 0 Å². The lowest BCUT2D eigenvalue weighted by molar-refractivity contribution is -0.139. The van der Waals surface area contributed by atoms with E-state index in [-0.39, 0.29) is 12.2 Å². The maximum absolute atomic E-state index is 13.3. The number of sulfonamides is 1. The van der Waals surface area contributed by atoms with Crippen molar-refractivity contribution in [3.63, 3.8) is 0 Å². The third kappa shape index (κ3) is 7.01. The maximum Gasteiger partial charge on any atom is 0.244 e. The molecule has 2 rings (SSSR count). The van der Waals surface area contributed by atoms with Crippen molar-refractivity contribution in [2.24, 2.45) is 0 Å². The van der Waals surface area contributed by atoms with Gasteiger partial charge in [0, 0.05) is 13.1 Å². The Kier molecular flexibility index (Phi) is 8.71. The van der Waals surface area contributed by atoms with Gasteiger partial charge < -0.3 is 10.2 Å². The standard InChI is InChI=1S/C22H27F2N3O4S/c1-4-13-25-22(29)16(2)26(14-17-5-7-18(23)8-6-17)21(28)15-27(32(3,30)31)20-11-9-19(24)10-12-20/h5-12,16H,4,13-15H2,1-3H3,(H,25,29)/t16-/m1/s1. The highest BCUT2D eigenvalue weighted by Gasteiger charge is 2.30. The molecule has 0 saturated heterocycles. The SMILES string of the molecule is CCCNC(=O)[C@@H](C)N(Cc1ccc(F)cc1)C(=O)CN(c1ccc(F)cc1)S(C)(=O)=O. The molecule has 1 N–H and O–H groups in total. The summed E-state index contributed by atoms with van der Waals surface area (Å²) in [7, 11) is -3.88. The first kappa shape index (κ1) is 25.3. The van der Waals surface area contributed by atoms with Gasteiger partial charge in [0.15, 0.2) is 0 Å². The molecule has 0 bridgehead atoms. The summed E-state index contributed by atoms with van der Waals surface area (Å²) < 4.78 is 52.1. The van der Waals surface area contributed by atoms with Crippen molar-refractivity contribution < 1.29 is 26.8 Å². The van der Waals surface area contributed by atoms with E-state index in [1.165, 1.54) is 48.2 Å². The van der Waals surface area contributed by atoms with Gasteiger partial charge in [0.2, 0.25) is 21.8 Å². The van der Waals surface area contributed by atoms with Gasteiger partial charge in [-0.05, 0) is 55.3 Å². The molecule has 0 aliphatic rings. The average molecular weight is 468 g/mol. The van der Waals surface area contributed by atoms with Crippen LogP contribution >= 0.6 is 0 Å². The number of carbonyl (C=O) groups is 2. The van der Waals surface area contributed by atoms with Gasteiger partial charge in [-0.3, -0.25) is 13.9 Å². The van der Waals surface area contributed by atoms with Crippen LogP contribution < -0.4 is 9.62 Å². The summed E-state index contributed by atoms with van der Waals surface area (Å²) in [6, 6.07) is 9.23. The number of anilines is 1. The number of rotatable bonds is 10. The Morgan fingerprint density at radius 3 is 2.03 bits per heavy atom. The summed E-state index contributed by atoms with van der Waals surface area (Å²) in [5, 5.41) is 2.72. The van der Waals surface area contributed by atoms with Crippen molar-refractivity contribution in [1.29, 1.82) is 0 Å². The lowest BCUT2D eigenvalue weighted by Gasteiger charge is -2.31. The monoisotopic (exact) mass is 467 g/mol. The number of nitrogens with zero attached hydrogens (tertiary/aromatic N) is 2. The molecule has 7 nitrogen and oxygen atoms in total. The van der Waals surface area contributed by atoms with Crippen molar-refractivity contribution in [2.75, 3.05) is 23.7 Å². The Hall–Kier alpha value is -3.01. The zero-order valence-corrected chi connectivity index (χ0v) is 19.0. The third-order valence-electron chi connectivity index (χ3n) is 4.78. The van der Waals surface area contributed by atoms with E-state index in [1.54, 1.807) is 0 Å². The van der Waals surface area contributed by atoms with E-state index in [4.69, 9.17) is 0 Å². The largest absolute Gasteiger partial charge is 0.354 e. The Balaban J connectivity index is 2.34. The fourth-order valence-corrected chi connectivity index (χ4v) is 3.84. The molecule has 0 unspecified atom stereocenters. The molecule has 10 heteroatoms. The van der Waals surface area contributed by atoms with Crippen LogP contribution in [0.25, 0.3) is 0 Å². The molecule has 0 aliphatic carbocycles. The lowest BCUT2D eigenvalue weighted by atomic mass is 10.1. The maximum atomic E-state index is 13.3. The van der Waals surface area contributed by atoms with Gasteiger partial charge in [-0.2, -0.15) is 0 Å². The third-order valence-corrected chi connectivity index (χ3v) is 5.92. The second-order valence-corrected chi connectivity index (χ2v) is 9.27. The lowest BCUT2D eigenvalue weighted by Crippen LogP contribution is -2.51. The van der Waals surface area contributed by atoms with E-state index in [0.717, 1.165) is 22.7 Å². The van der Waals surface area contributed by atoms with Gasteiger partial charge in [0.05, 0.1) is 11.9 Å². The normalized spacial score (nSPS) is 12.2. The summed E-state index contributed by atoms with van der Waals surface area (Å²) in [6.07, 6.45) is 1.64. The van der Waals surface area contributed by atoms with Crippen LogP contribution in [0, 0.1) is 11.6 Å². The number of hydrogen-bond donors (Lipinski definition) is 1. The van der Waals surface area contributed by atoms with Gasteiger partial charge in [0.25, 0.3) is 0 Å². The molecule has 0 heterocycles. The Bertz CT molecular complexity index is 1030. The molecule has 174 valence electrons. The first-order valence-electron chi connectivity index (χ1n) is 10.1. The zero-order chi connectivity index (χ0) is 23.9. The molecule has 2 amide bonds. The van der Waals surface area contributed by atoms with Crippen molar-refractivity contribution in [2.45, 2.75) is 32.9 Å². The Morgan fingerprint density at radius 1 is 1.00 bits per heavy atom. The van der Waals surface area contributed by atoms with E-state index in [2.05, 4.69) is 5.32 Å². The molecule has 0 aliphatic heterocycles. The first-order chi connectivity index (χ1) is 15.0. The minimum atomic E-state index is -3.88. The van der Waals surface area contributed by atoms with Crippen molar-refractivity contribution in [3.05, 3.63) is 65.7 Å². The van der Waals surface area contributed by atoms with Gasteiger partial charge in [-0.25, -0.2) is 17.2 Å². The number of nitrogens with one attached hydrogen (secondary N) is 1. The first-order valence-corrected chi connectivity index (χ1v) is 11.9. The van der Waals surface area contributed by atoms with Crippen molar-refractivity contribution in [3.8, 4) is 0 Å². The van der Waals surface area contributed by atoms with Crippen LogP contribution in [0.2, 0.25) is 0 Å². The van der Waals surface area contributed by atoms with E-state index in [1.807, 2.05) is 6.92 Å². The summed E-state index contributed by atoms with van der Waals surface area (Å²) in [5.74, 6) is -2.02. The van der Waals surface area contributed by atoms with Crippen LogP contribution in [0.15, 0.2) is 48.5 Å². The van der Waals surface area contributed by atoms with E-state index in [9.17, 15) is 26.8 Å². The Morgan fingerprint density at radius 2 is 1.53 bits per heavy atom. The fourth-order valence-electron chi connectivity index (χ4n) is 2.99. The number of halogens is 2. The molecule has 0 fully saturated rings. The second-order valence-electron chi connectivity index (χ2n) is 7.36. The highest BCUT2D eigenvalue weighted by atomic mass is 32.2. The predicted molar refractivity (Wildman–Crippen MR) is 118 cm³/mol. The van der Waals surface area contributed by atoms with Gasteiger partial charge in [-0.15, -0.1) is 0 Å². The molecule has 0 saturated carbocycles. The summed E-state index contributed by atoms with van der Waals surface area (Å²) in [4.78, 5) is 27.0. The molecule has 2 aromatic rings. The minimum Gasteiger partial charge on any atom is -0.354 e. The fraction of sp³-hybridized carbons (Fsp3) is 0.364. The van der Waals surface area contributed by atoms with E-state index >= 15 is 0 Å². The predicted octanol–water partition coefficient (Wildman–Crippen LogP) is 2.67. The number of amides is 2. The molecular weight excluding hydrogens is 440 g/mol. The molecular formula is C22H27F2N3O4S. The highest BCUT2D eigenvalue weighted by molar-refractivity contribution is 7.92. The highest BCUT2D eigenvalue weighted by Crippen LogP contribution is 2.19. The van der Waals surface area contributed by atoms with E-state index in [0.29, 0.717) is 18.5 Å². The summed E-state index contributed by atoms with van der Waals surface area (Å²) in [5.41, 5.74) is 0.689. The Labute approximate surface area is 187 Å². The topological polar surface area (TPSA) is 86.8 Å². The van der Waals surface area contributed by atoms with Crippen LogP contribution in [-0.2, 0) is 26.2 Å². The van der Waals surface area contributed by atoms with Crippen molar-refractivity contribution >= 4 is 27.5 Å². The quantitative estimate of drug-likeness (QED) is 0.582. The van der Waals surface area contributed by atoms with E-state index < -0.39 is 46.1 Å². The molecule has 1 atom stereocenters.